The van der Waals surface area contributed by atoms with E-state index in [2.05, 4.69) is 15.3 Å². The highest BCUT2D eigenvalue weighted by molar-refractivity contribution is 5.90. The standard InChI is InChI=1S/C15H16N4O3/c20-12(7-9-19-8-3-6-13(19)21)17-15-16-11-5-2-1-4-10(11)14(22)18-15/h1-2,4-5H,3,6-9H2,(H2,16,17,18,20,22). The predicted molar refractivity (Wildman–Crippen MR) is 81.4 cm³/mol. The van der Waals surface area contributed by atoms with Gasteiger partial charge in [-0.25, -0.2) is 4.98 Å². The summed E-state index contributed by atoms with van der Waals surface area (Å²) in [4.78, 5) is 43.7. The Morgan fingerprint density at radius 1 is 1.32 bits per heavy atom. The number of carbonyl (C=O) groups is 2. The highest BCUT2D eigenvalue weighted by Gasteiger charge is 2.20. The molecule has 22 heavy (non-hydrogen) atoms. The molecule has 0 radical (unpaired) electrons. The van der Waals surface area contributed by atoms with Crippen molar-refractivity contribution >= 4 is 28.7 Å². The number of hydrogen-bond donors (Lipinski definition) is 2. The maximum absolute atomic E-state index is 11.9. The monoisotopic (exact) mass is 300 g/mol. The van der Waals surface area contributed by atoms with Gasteiger partial charge in [0.1, 0.15) is 0 Å². The van der Waals surface area contributed by atoms with Crippen LogP contribution in [0.4, 0.5) is 5.95 Å². The number of hydrogen-bond acceptors (Lipinski definition) is 4. The van der Waals surface area contributed by atoms with Gasteiger partial charge in [0, 0.05) is 25.9 Å². The highest BCUT2D eigenvalue weighted by atomic mass is 16.2. The number of para-hydroxylation sites is 1. The second kappa shape index (κ2) is 5.97. The van der Waals surface area contributed by atoms with Crippen molar-refractivity contribution in [3.05, 3.63) is 34.6 Å². The van der Waals surface area contributed by atoms with E-state index < -0.39 is 0 Å². The van der Waals surface area contributed by atoms with Gasteiger partial charge >= 0.3 is 0 Å². The van der Waals surface area contributed by atoms with E-state index in [1.165, 1.54) is 0 Å². The van der Waals surface area contributed by atoms with Crippen LogP contribution in [0.1, 0.15) is 19.3 Å². The van der Waals surface area contributed by atoms with Gasteiger partial charge in [0.05, 0.1) is 10.9 Å². The van der Waals surface area contributed by atoms with Gasteiger partial charge in [-0.1, -0.05) is 12.1 Å². The van der Waals surface area contributed by atoms with Crippen LogP contribution in [0.25, 0.3) is 10.9 Å². The van der Waals surface area contributed by atoms with E-state index in [1.807, 2.05) is 0 Å². The van der Waals surface area contributed by atoms with Gasteiger partial charge in [0.15, 0.2) is 0 Å². The fraction of sp³-hybridized carbons (Fsp3) is 0.333. The fourth-order valence-electron chi connectivity index (χ4n) is 2.52. The normalized spacial score (nSPS) is 14.5. The Morgan fingerprint density at radius 3 is 2.91 bits per heavy atom. The summed E-state index contributed by atoms with van der Waals surface area (Å²) in [6, 6.07) is 6.92. The summed E-state index contributed by atoms with van der Waals surface area (Å²) >= 11 is 0. The van der Waals surface area contributed by atoms with Crippen molar-refractivity contribution in [1.29, 1.82) is 0 Å². The third-order valence-corrected chi connectivity index (χ3v) is 3.65. The quantitative estimate of drug-likeness (QED) is 0.876. The molecular formula is C15H16N4O3. The van der Waals surface area contributed by atoms with Crippen molar-refractivity contribution in [1.82, 2.24) is 14.9 Å². The van der Waals surface area contributed by atoms with Crippen molar-refractivity contribution in [2.75, 3.05) is 18.4 Å². The summed E-state index contributed by atoms with van der Waals surface area (Å²) < 4.78 is 0. The van der Waals surface area contributed by atoms with E-state index in [4.69, 9.17) is 0 Å². The summed E-state index contributed by atoms with van der Waals surface area (Å²) in [5.41, 5.74) is 0.229. The maximum Gasteiger partial charge on any atom is 0.260 e. The third-order valence-electron chi connectivity index (χ3n) is 3.65. The molecule has 0 aliphatic carbocycles. The van der Waals surface area contributed by atoms with E-state index >= 15 is 0 Å². The SMILES string of the molecule is O=C(CCN1CCCC1=O)Nc1nc2ccccc2c(=O)[nH]1. The highest BCUT2D eigenvalue weighted by Crippen LogP contribution is 2.11. The van der Waals surface area contributed by atoms with Crippen molar-refractivity contribution in [2.24, 2.45) is 0 Å². The minimum absolute atomic E-state index is 0.0880. The Balaban J connectivity index is 1.66. The summed E-state index contributed by atoms with van der Waals surface area (Å²) in [7, 11) is 0. The topological polar surface area (TPSA) is 95.2 Å². The lowest BCUT2D eigenvalue weighted by molar-refractivity contribution is -0.128. The van der Waals surface area contributed by atoms with Crippen molar-refractivity contribution in [2.45, 2.75) is 19.3 Å². The second-order valence-corrected chi connectivity index (χ2v) is 5.21. The average molecular weight is 300 g/mol. The molecule has 2 aromatic rings. The Morgan fingerprint density at radius 2 is 2.14 bits per heavy atom. The number of likely N-dealkylation sites (tertiary alicyclic amines) is 1. The molecule has 1 aromatic carbocycles. The van der Waals surface area contributed by atoms with E-state index in [0.29, 0.717) is 30.4 Å². The number of carbonyl (C=O) groups excluding carboxylic acids is 2. The van der Waals surface area contributed by atoms with Crippen LogP contribution in [0.3, 0.4) is 0 Å². The van der Waals surface area contributed by atoms with Gasteiger partial charge in [0.25, 0.3) is 5.56 Å². The number of nitrogens with one attached hydrogen (secondary N) is 2. The van der Waals surface area contributed by atoms with Crippen LogP contribution in [0.15, 0.2) is 29.1 Å². The maximum atomic E-state index is 11.9. The van der Waals surface area contributed by atoms with Crippen LogP contribution < -0.4 is 10.9 Å². The molecule has 0 spiro atoms. The molecule has 1 aliphatic heterocycles. The molecule has 2 N–H and O–H groups in total. The molecule has 1 aromatic heterocycles. The van der Waals surface area contributed by atoms with Crippen molar-refractivity contribution < 1.29 is 9.59 Å². The lowest BCUT2D eigenvalue weighted by Crippen LogP contribution is -2.29. The van der Waals surface area contributed by atoms with Crippen LogP contribution >= 0.6 is 0 Å². The number of rotatable bonds is 4. The number of anilines is 1. The first-order valence-corrected chi connectivity index (χ1v) is 7.20. The first-order chi connectivity index (χ1) is 10.6. The molecule has 3 rings (SSSR count). The fourth-order valence-corrected chi connectivity index (χ4v) is 2.52. The van der Waals surface area contributed by atoms with Gasteiger partial charge in [0.2, 0.25) is 17.8 Å². The molecule has 7 nitrogen and oxygen atoms in total. The van der Waals surface area contributed by atoms with Crippen LogP contribution in [-0.2, 0) is 9.59 Å². The molecule has 1 aliphatic rings. The Kier molecular flexibility index (Phi) is 3.86. The molecule has 114 valence electrons. The molecule has 0 saturated carbocycles. The van der Waals surface area contributed by atoms with Gasteiger partial charge in [-0.05, 0) is 18.6 Å². The third kappa shape index (κ3) is 2.98. The Bertz CT molecular complexity index is 784. The summed E-state index contributed by atoms with van der Waals surface area (Å²) in [6.45, 7) is 1.10. The first kappa shape index (κ1) is 14.2. The van der Waals surface area contributed by atoms with E-state index in [1.54, 1.807) is 29.2 Å². The van der Waals surface area contributed by atoms with Crippen molar-refractivity contribution in [3.63, 3.8) is 0 Å². The number of aromatic nitrogens is 2. The zero-order valence-electron chi connectivity index (χ0n) is 12.0. The molecule has 1 fully saturated rings. The molecule has 2 heterocycles. The van der Waals surface area contributed by atoms with Gasteiger partial charge in [-0.2, -0.15) is 0 Å². The number of benzene rings is 1. The first-order valence-electron chi connectivity index (χ1n) is 7.20. The van der Waals surface area contributed by atoms with E-state index in [0.717, 1.165) is 6.42 Å². The van der Waals surface area contributed by atoms with Gasteiger partial charge in [-0.15, -0.1) is 0 Å². The number of nitrogens with zero attached hydrogens (tertiary/aromatic N) is 2. The van der Waals surface area contributed by atoms with Crippen LogP contribution in [0, 0.1) is 0 Å². The van der Waals surface area contributed by atoms with Crippen LogP contribution in [0.5, 0.6) is 0 Å². The molecule has 0 unspecified atom stereocenters. The number of amides is 2. The molecule has 0 bridgehead atoms. The minimum atomic E-state index is -0.296. The Hall–Kier alpha value is -2.70. The zero-order chi connectivity index (χ0) is 15.5. The minimum Gasteiger partial charge on any atom is -0.342 e. The van der Waals surface area contributed by atoms with Gasteiger partial charge in [-0.3, -0.25) is 24.7 Å². The summed E-state index contributed by atoms with van der Waals surface area (Å²) in [5.74, 6) is -0.0652. The van der Waals surface area contributed by atoms with E-state index in [-0.39, 0.29) is 29.7 Å². The second-order valence-electron chi connectivity index (χ2n) is 5.21. The Labute approximate surface area is 126 Å². The summed E-state index contributed by atoms with van der Waals surface area (Å²) in [5, 5.41) is 3.05. The molecule has 1 saturated heterocycles. The summed E-state index contributed by atoms with van der Waals surface area (Å²) in [6.07, 6.45) is 1.59. The smallest absolute Gasteiger partial charge is 0.260 e. The molecular weight excluding hydrogens is 284 g/mol. The molecule has 0 atom stereocenters. The lowest BCUT2D eigenvalue weighted by atomic mass is 10.2. The molecule has 7 heteroatoms. The number of aromatic amines is 1. The van der Waals surface area contributed by atoms with Gasteiger partial charge < -0.3 is 4.90 Å². The largest absolute Gasteiger partial charge is 0.342 e. The average Bonchev–Trinajstić information content (AvgIpc) is 2.90. The molecule has 2 amide bonds. The van der Waals surface area contributed by atoms with Crippen LogP contribution in [-0.4, -0.2) is 39.8 Å². The number of H-pyrrole nitrogens is 1. The van der Waals surface area contributed by atoms with E-state index in [9.17, 15) is 14.4 Å². The van der Waals surface area contributed by atoms with Crippen LogP contribution in [0.2, 0.25) is 0 Å². The lowest BCUT2D eigenvalue weighted by Gasteiger charge is -2.14. The number of fused-ring (bicyclic) bond motifs is 1. The van der Waals surface area contributed by atoms with Crippen molar-refractivity contribution in [3.8, 4) is 0 Å². The zero-order valence-corrected chi connectivity index (χ0v) is 12.0. The predicted octanol–water partition coefficient (Wildman–Crippen LogP) is 0.874.